The van der Waals surface area contributed by atoms with Crippen molar-refractivity contribution in [2.75, 3.05) is 19.1 Å². The maximum Gasteiger partial charge on any atom is 0.161 e. The van der Waals surface area contributed by atoms with Crippen molar-refractivity contribution in [2.45, 2.75) is 25.2 Å². The zero-order valence-corrected chi connectivity index (χ0v) is 17.0. The molecule has 0 unspecified atom stereocenters. The van der Waals surface area contributed by atoms with Crippen molar-refractivity contribution in [3.63, 3.8) is 0 Å². The smallest absolute Gasteiger partial charge is 0.161 e. The van der Waals surface area contributed by atoms with Gasteiger partial charge in [-0.1, -0.05) is 12.1 Å². The molecule has 152 valence electrons. The second-order valence-electron chi connectivity index (χ2n) is 7.29. The van der Waals surface area contributed by atoms with Gasteiger partial charge in [0.15, 0.2) is 5.78 Å². The lowest BCUT2D eigenvalue weighted by atomic mass is 9.75. The Morgan fingerprint density at radius 1 is 1.00 bits per heavy atom. The van der Waals surface area contributed by atoms with Gasteiger partial charge in [0.05, 0.1) is 31.8 Å². The SMILES string of the molecule is COc1ccc([C@@H]2C(C#N)=C(N)N(c3ccc(OC)cc3)C3=C2C(=O)CCC3)cc1. The van der Waals surface area contributed by atoms with Gasteiger partial charge < -0.3 is 15.2 Å². The highest BCUT2D eigenvalue weighted by Gasteiger charge is 2.40. The molecule has 4 rings (SSSR count). The Morgan fingerprint density at radius 2 is 1.60 bits per heavy atom. The number of ether oxygens (including phenoxy) is 2. The molecule has 0 aromatic heterocycles. The Labute approximate surface area is 175 Å². The molecule has 1 aliphatic carbocycles. The number of hydrogen-bond donors (Lipinski definition) is 1. The van der Waals surface area contributed by atoms with E-state index in [4.69, 9.17) is 15.2 Å². The third kappa shape index (κ3) is 3.18. The number of Topliss-reactive ketones (excluding diaryl/α,β-unsaturated/α-hetero) is 1. The van der Waals surface area contributed by atoms with Gasteiger partial charge in [-0.05, 0) is 54.8 Å². The molecule has 0 fully saturated rings. The molecule has 1 aliphatic heterocycles. The first-order valence-corrected chi connectivity index (χ1v) is 9.83. The van der Waals surface area contributed by atoms with E-state index in [1.54, 1.807) is 14.2 Å². The molecule has 2 aromatic rings. The van der Waals surface area contributed by atoms with Crippen LogP contribution in [0.15, 0.2) is 71.2 Å². The van der Waals surface area contributed by atoms with Crippen LogP contribution >= 0.6 is 0 Å². The van der Waals surface area contributed by atoms with Gasteiger partial charge in [0.1, 0.15) is 17.3 Å². The van der Waals surface area contributed by atoms with Gasteiger partial charge in [0.2, 0.25) is 0 Å². The minimum absolute atomic E-state index is 0.0656. The third-order valence-electron chi connectivity index (χ3n) is 5.69. The predicted molar refractivity (Wildman–Crippen MR) is 114 cm³/mol. The lowest BCUT2D eigenvalue weighted by molar-refractivity contribution is -0.116. The molecule has 6 heteroatoms. The largest absolute Gasteiger partial charge is 0.497 e. The van der Waals surface area contributed by atoms with E-state index < -0.39 is 5.92 Å². The number of carbonyl (C=O) groups excluding carboxylic acids is 1. The van der Waals surface area contributed by atoms with Crippen molar-refractivity contribution in [3.05, 3.63) is 76.8 Å². The Kier molecular flexibility index (Phi) is 5.20. The van der Waals surface area contributed by atoms with Crippen molar-refractivity contribution in [2.24, 2.45) is 5.73 Å². The lowest BCUT2D eigenvalue weighted by Crippen LogP contribution is -2.38. The normalized spacial score (nSPS) is 18.8. The van der Waals surface area contributed by atoms with Gasteiger partial charge in [0.25, 0.3) is 0 Å². The molecular weight excluding hydrogens is 378 g/mol. The van der Waals surface area contributed by atoms with Crippen LogP contribution in [0.2, 0.25) is 0 Å². The highest BCUT2D eigenvalue weighted by molar-refractivity contribution is 6.01. The number of methoxy groups -OCH3 is 2. The van der Waals surface area contributed by atoms with Crippen LogP contribution in [-0.2, 0) is 4.79 Å². The third-order valence-corrected chi connectivity index (χ3v) is 5.69. The van der Waals surface area contributed by atoms with Crippen LogP contribution in [0, 0.1) is 11.3 Å². The quantitative estimate of drug-likeness (QED) is 0.833. The summed E-state index contributed by atoms with van der Waals surface area (Å²) in [5, 5.41) is 10.0. The molecule has 30 heavy (non-hydrogen) atoms. The van der Waals surface area contributed by atoms with E-state index in [-0.39, 0.29) is 5.78 Å². The first kappa shape index (κ1) is 19.6. The molecule has 2 aliphatic rings. The van der Waals surface area contributed by atoms with Crippen molar-refractivity contribution >= 4 is 11.5 Å². The number of nitrogens with two attached hydrogens (primary N) is 1. The zero-order valence-electron chi connectivity index (χ0n) is 17.0. The fourth-order valence-corrected chi connectivity index (χ4v) is 4.24. The van der Waals surface area contributed by atoms with E-state index in [0.29, 0.717) is 29.1 Å². The monoisotopic (exact) mass is 401 g/mol. The molecular formula is C24H23N3O3. The maximum absolute atomic E-state index is 13.1. The number of rotatable bonds is 4. The van der Waals surface area contributed by atoms with Crippen LogP contribution in [0.1, 0.15) is 30.7 Å². The summed E-state index contributed by atoms with van der Waals surface area (Å²) in [6.07, 6.45) is 1.95. The summed E-state index contributed by atoms with van der Waals surface area (Å²) < 4.78 is 10.5. The standard InChI is InChI=1S/C24H23N3O3/c1-29-17-10-6-15(7-11-17)22-19(14-25)24(26)27(16-8-12-18(30-2)13-9-16)20-4-3-5-21(28)23(20)22/h6-13,22H,3-5,26H2,1-2H3/t22-/m1/s1. The highest BCUT2D eigenvalue weighted by Crippen LogP contribution is 2.46. The first-order chi connectivity index (χ1) is 14.6. The molecule has 0 amide bonds. The van der Waals surface area contributed by atoms with E-state index in [1.807, 2.05) is 53.4 Å². The van der Waals surface area contributed by atoms with Crippen LogP contribution in [-0.4, -0.2) is 20.0 Å². The number of anilines is 1. The molecule has 0 radical (unpaired) electrons. The number of ketones is 1. The van der Waals surface area contributed by atoms with Crippen molar-refractivity contribution in [1.82, 2.24) is 0 Å². The zero-order chi connectivity index (χ0) is 21.3. The molecule has 2 aromatic carbocycles. The predicted octanol–water partition coefficient (Wildman–Crippen LogP) is 4.01. The van der Waals surface area contributed by atoms with Gasteiger partial charge in [-0.2, -0.15) is 5.26 Å². The van der Waals surface area contributed by atoms with E-state index in [0.717, 1.165) is 35.5 Å². The fourth-order valence-electron chi connectivity index (χ4n) is 4.24. The van der Waals surface area contributed by atoms with Crippen LogP contribution in [0.25, 0.3) is 0 Å². The summed E-state index contributed by atoms with van der Waals surface area (Å²) in [7, 11) is 3.21. The van der Waals surface area contributed by atoms with Gasteiger partial charge in [-0.15, -0.1) is 0 Å². The van der Waals surface area contributed by atoms with E-state index in [2.05, 4.69) is 6.07 Å². The molecule has 0 saturated heterocycles. The highest BCUT2D eigenvalue weighted by atomic mass is 16.5. The topological polar surface area (TPSA) is 88.6 Å². The number of nitriles is 1. The molecule has 0 bridgehead atoms. The average molecular weight is 401 g/mol. The molecule has 6 nitrogen and oxygen atoms in total. The average Bonchev–Trinajstić information content (AvgIpc) is 2.79. The molecule has 1 heterocycles. The van der Waals surface area contributed by atoms with Gasteiger partial charge in [-0.3, -0.25) is 9.69 Å². The lowest BCUT2D eigenvalue weighted by Gasteiger charge is -2.39. The maximum atomic E-state index is 13.1. The molecule has 1 atom stereocenters. The Hall–Kier alpha value is -3.72. The number of allylic oxidation sites excluding steroid dienone is 3. The second kappa shape index (κ2) is 7.96. The van der Waals surface area contributed by atoms with Crippen molar-refractivity contribution in [3.8, 4) is 17.6 Å². The van der Waals surface area contributed by atoms with Gasteiger partial charge in [-0.25, -0.2) is 0 Å². The minimum atomic E-state index is -0.474. The Bertz CT molecular complexity index is 1080. The van der Waals surface area contributed by atoms with E-state index >= 15 is 0 Å². The Morgan fingerprint density at radius 3 is 2.17 bits per heavy atom. The van der Waals surface area contributed by atoms with Crippen LogP contribution in [0.5, 0.6) is 11.5 Å². The van der Waals surface area contributed by atoms with Crippen molar-refractivity contribution in [1.29, 1.82) is 5.26 Å². The summed E-state index contributed by atoms with van der Waals surface area (Å²) >= 11 is 0. The molecule has 2 N–H and O–H groups in total. The summed E-state index contributed by atoms with van der Waals surface area (Å²) in [5.41, 5.74) is 10.1. The van der Waals surface area contributed by atoms with E-state index in [9.17, 15) is 10.1 Å². The number of carbonyl (C=O) groups is 1. The summed E-state index contributed by atoms with van der Waals surface area (Å²) in [6, 6.07) is 17.2. The van der Waals surface area contributed by atoms with Crippen molar-refractivity contribution < 1.29 is 14.3 Å². The van der Waals surface area contributed by atoms with E-state index in [1.165, 1.54) is 0 Å². The summed E-state index contributed by atoms with van der Waals surface area (Å²) in [5.74, 6) is 1.39. The Balaban J connectivity index is 1.90. The summed E-state index contributed by atoms with van der Waals surface area (Å²) in [4.78, 5) is 14.9. The fraction of sp³-hybridized carbons (Fsp3) is 0.250. The summed E-state index contributed by atoms with van der Waals surface area (Å²) in [6.45, 7) is 0. The van der Waals surface area contributed by atoms with Crippen LogP contribution in [0.4, 0.5) is 5.69 Å². The number of hydrogen-bond acceptors (Lipinski definition) is 6. The van der Waals surface area contributed by atoms with Crippen LogP contribution < -0.4 is 20.1 Å². The van der Waals surface area contributed by atoms with Gasteiger partial charge >= 0.3 is 0 Å². The second-order valence-corrected chi connectivity index (χ2v) is 7.29. The number of nitrogens with zero attached hydrogens (tertiary/aromatic N) is 2. The first-order valence-electron chi connectivity index (χ1n) is 9.83. The minimum Gasteiger partial charge on any atom is -0.497 e. The van der Waals surface area contributed by atoms with Crippen LogP contribution in [0.3, 0.4) is 0 Å². The van der Waals surface area contributed by atoms with Gasteiger partial charge in [0, 0.05) is 23.4 Å². The molecule has 0 saturated carbocycles. The number of benzene rings is 2. The molecule has 0 spiro atoms.